The summed E-state index contributed by atoms with van der Waals surface area (Å²) in [5.74, 6) is -10.1. The first-order chi connectivity index (χ1) is 65.9. The van der Waals surface area contributed by atoms with Crippen LogP contribution in [0.25, 0.3) is 0 Å². The Labute approximate surface area is 852 Å². The van der Waals surface area contributed by atoms with Crippen LogP contribution in [-0.4, -0.2) is 233 Å². The molecular formula is C103H165F12NO29Si. The minimum Gasteiger partial charge on any atom is -0.469 e. The summed E-state index contributed by atoms with van der Waals surface area (Å²) in [5, 5.41) is 49.2. The van der Waals surface area contributed by atoms with E-state index < -0.39 is 234 Å². The Morgan fingerprint density at radius 2 is 0.801 bits per heavy atom. The molecule has 0 aromatic heterocycles. The largest absolute Gasteiger partial charge is 0.469 e. The third kappa shape index (κ3) is 32.0. The molecule has 0 amide bonds. The summed E-state index contributed by atoms with van der Waals surface area (Å²) in [4.78, 5) is 116. The quantitative estimate of drug-likeness (QED) is 0.0273. The van der Waals surface area contributed by atoms with Crippen molar-refractivity contribution in [2.24, 2.45) is 85.8 Å². The van der Waals surface area contributed by atoms with Gasteiger partial charge in [-0.15, -0.1) is 0 Å². The van der Waals surface area contributed by atoms with Crippen LogP contribution in [0.15, 0.2) is 0 Å². The van der Waals surface area contributed by atoms with Gasteiger partial charge in [-0.05, 0) is 252 Å². The smallest absolute Gasteiger partial charge is 0.426 e. The molecule has 10 unspecified atom stereocenters. The molecule has 4 N–H and O–H groups in total. The molecule has 7 saturated carbocycles. The summed E-state index contributed by atoms with van der Waals surface area (Å²) in [6.07, 6.45) is -27.0. The molecule has 0 spiro atoms. The number of aliphatic hydroxyl groups is 4. The molecule has 7 aliphatic heterocycles. The topological polar surface area (TPSA) is 414 Å². The number of fused-ring (bicyclic) bond motifs is 8. The van der Waals surface area contributed by atoms with E-state index in [1.807, 2.05) is 96.9 Å². The van der Waals surface area contributed by atoms with Gasteiger partial charge in [-0.2, -0.15) is 57.9 Å². The van der Waals surface area contributed by atoms with Gasteiger partial charge in [0.25, 0.3) is 11.2 Å². The molecule has 7 heterocycles. The Kier molecular flexibility index (Phi) is 42.3. The van der Waals surface area contributed by atoms with Gasteiger partial charge in [0.05, 0.1) is 68.7 Å². The molecule has 6 bridgehead atoms. The molecule has 146 heavy (non-hydrogen) atoms. The number of nitriles is 1. The predicted molar refractivity (Wildman–Crippen MR) is 506 cm³/mol. The van der Waals surface area contributed by atoms with Crippen LogP contribution in [0.3, 0.4) is 0 Å². The lowest BCUT2D eigenvalue weighted by Crippen LogP contribution is -2.67. The van der Waals surface area contributed by atoms with Crippen molar-refractivity contribution in [2.45, 2.75) is 492 Å². The van der Waals surface area contributed by atoms with Crippen molar-refractivity contribution in [3.63, 3.8) is 0 Å². The summed E-state index contributed by atoms with van der Waals surface area (Å²) in [6.45, 7) is 60.0. The molecule has 0 radical (unpaired) electrons. The Balaban J connectivity index is 0.000000301. The van der Waals surface area contributed by atoms with E-state index in [9.17, 15) is 121 Å². The van der Waals surface area contributed by atoms with Crippen molar-refractivity contribution in [2.75, 3.05) is 7.11 Å². The van der Waals surface area contributed by atoms with Crippen LogP contribution in [0.2, 0.25) is 25.7 Å². The summed E-state index contributed by atoms with van der Waals surface area (Å²) in [6, 6.07) is 3.88. The number of nitrogens with zero attached hydrogens (tertiary/aromatic N) is 1. The third-order valence-corrected chi connectivity index (χ3v) is 32.6. The van der Waals surface area contributed by atoms with E-state index in [2.05, 4.69) is 49.0 Å². The molecule has 20 atom stereocenters. The van der Waals surface area contributed by atoms with Gasteiger partial charge in [0.1, 0.15) is 29.5 Å². The minimum absolute atomic E-state index is 0.0184. The first kappa shape index (κ1) is 130. The van der Waals surface area contributed by atoms with Gasteiger partial charge >= 0.3 is 84.4 Å². The van der Waals surface area contributed by atoms with Gasteiger partial charge in [-0.1, -0.05) is 108 Å². The highest BCUT2D eigenvalue weighted by Crippen LogP contribution is 2.63. The van der Waals surface area contributed by atoms with E-state index in [1.165, 1.54) is 66.0 Å². The number of rotatable bonds is 21. The number of methoxy groups -OCH3 is 1. The summed E-state index contributed by atoms with van der Waals surface area (Å²) < 4.78 is 240. The van der Waals surface area contributed by atoms with Gasteiger partial charge in [0.15, 0.2) is 48.6 Å². The predicted octanol–water partition coefficient (Wildman–Crippen LogP) is 19.9. The SMILES string of the molecule is CC1C(=O)OC(=O)C1C.CCC(C)(C)C(=O)OC.CCC(C)(C)C(=O)OC(C)(C)C.CCC(C)(C)C(=O)OC12CC3CC(O)(CC(O)(C3)C1)C2.CCC(C)(C)C(=O)OC1CC(C(O)(C(F)(F)F)C(F)(F)F)CC(C(O)(C(F)(F)F)C(F)(F)F)C1.CCC(C)(C)C(=O)O[C@@H]1C(=O)O[C@@H]2[C@H]3OC(C)(C)O[C@H]3O[C@@H]21.CCC(C)(C)C(=O)O[C@@H]1C(=O)O[C@@H]2[C@H]3OC(C)(C)O[C@H]3O[C@@H]21.CCC(C)C[Si](C)(C)C.N#CC1CC2CCC1C2. The van der Waals surface area contributed by atoms with Gasteiger partial charge in [0.2, 0.25) is 12.2 Å². The highest BCUT2D eigenvalue weighted by Gasteiger charge is 2.79. The van der Waals surface area contributed by atoms with E-state index in [-0.39, 0.29) is 58.5 Å². The minimum atomic E-state index is -6.58. The van der Waals surface area contributed by atoms with E-state index in [0.717, 1.165) is 56.3 Å². The van der Waals surface area contributed by atoms with Gasteiger partial charge in [0, 0.05) is 45.1 Å². The zero-order valence-corrected chi connectivity index (χ0v) is 92.4. The zero-order valence-electron chi connectivity index (χ0n) is 91.4. The van der Waals surface area contributed by atoms with Gasteiger partial charge in [-0.25, -0.2) is 9.59 Å². The molecule has 43 heteroatoms. The van der Waals surface area contributed by atoms with Crippen molar-refractivity contribution in [1.29, 1.82) is 5.26 Å². The molecule has 7 saturated heterocycles. The van der Waals surface area contributed by atoms with E-state index in [1.54, 1.807) is 69.2 Å². The number of halogens is 12. The van der Waals surface area contributed by atoms with E-state index in [0.29, 0.717) is 38.0 Å². The average molecular weight is 2140 g/mol. The third-order valence-electron chi connectivity index (χ3n) is 30.7. The molecule has 0 aromatic carbocycles. The number of alkyl halides is 12. The van der Waals surface area contributed by atoms with Crippen LogP contribution >= 0.6 is 0 Å². The number of ether oxygens (including phenoxy) is 15. The molecule has 14 fully saturated rings. The molecule has 14 rings (SSSR count). The summed E-state index contributed by atoms with van der Waals surface area (Å²) in [5.41, 5.74) is -18.1. The highest BCUT2D eigenvalue weighted by molar-refractivity contribution is 6.76. The summed E-state index contributed by atoms with van der Waals surface area (Å²) in [7, 11) is 0.675. The Morgan fingerprint density at radius 1 is 0.452 bits per heavy atom. The van der Waals surface area contributed by atoms with E-state index >= 15 is 0 Å². The monoisotopic (exact) mass is 2140 g/mol. The average Bonchev–Trinajstić information content (AvgIpc) is 0.774. The Morgan fingerprint density at radius 3 is 1.07 bits per heavy atom. The van der Waals surface area contributed by atoms with Crippen molar-refractivity contribution in [1.82, 2.24) is 0 Å². The standard InChI is InChI=1S/C18H22F12O4.C16H26O4.2C15H22O7.C10H20O2.C8H11N.C8H20Si.C7H14O2.C6H8O3/c1-4-12(2,3)11(31)34-10-6-8(13(32,15(19,20)21)16(22,23)24)5-9(7-10)14(33,17(25,26)27)18(28,29)30;1-4-13(2,3)12(17)20-16-7-11-5-14(18,9-16)8-15(19,6-11)10-16;2*1-6-14(2,3)13(17)20-9-7-8(18-11(9)16)10-12(19-7)22-15(4,5)21-10;1-7-10(5,6)8(11)12-9(2,3)4;9-5-8-4-6-1-2-7(8)3-6;1-6-8(2)7-9(3,4)5;1-5-7(2,3)6(8)9-4;1-3-4(2)6(8)9-5(3)7/h8-10,32-33H,4-7H2,1-3H3;11,18-19H,4-10H2,1-3H3;2*7-10,12H,6H2,1-5H3;7H2,1-6H3;6-8H,1-4H2;8H,6-7H2,1-5H3;5H2,1-4H3;3-4H,1-2H3/t;;2*7-,8-,9-,10+,12+;;;;;/m..00...../s1. The first-order valence-electron chi connectivity index (χ1n) is 50.8. The highest BCUT2D eigenvalue weighted by atomic mass is 28.3. The number of cyclic esters (lactones) is 2. The lowest BCUT2D eigenvalue weighted by atomic mass is 9.50. The van der Waals surface area contributed by atoms with Crippen LogP contribution in [0, 0.1) is 97.1 Å². The van der Waals surface area contributed by atoms with Gasteiger partial charge in [-0.3, -0.25) is 38.4 Å². The lowest BCUT2D eigenvalue weighted by Gasteiger charge is -2.62. The maximum Gasteiger partial charge on any atom is 0.426 e. The number of carbonyl (C=O) groups excluding carboxylic acids is 10. The zero-order chi connectivity index (χ0) is 113. The second-order valence-electron chi connectivity index (χ2n) is 48.7. The second kappa shape index (κ2) is 47.5. The normalized spacial score (nSPS) is 31.6. The fraction of sp³-hybridized carbons (Fsp3) is 0.893. The fourth-order valence-corrected chi connectivity index (χ4v) is 21.7. The van der Waals surface area contributed by atoms with E-state index in [4.69, 9.17) is 66.8 Å². The van der Waals surface area contributed by atoms with Crippen LogP contribution in [0.4, 0.5) is 52.7 Å². The summed E-state index contributed by atoms with van der Waals surface area (Å²) >= 11 is 0. The number of carbonyl (C=O) groups is 10. The fourth-order valence-electron chi connectivity index (χ4n) is 19.4. The molecule has 0 aromatic rings. The van der Waals surface area contributed by atoms with Crippen molar-refractivity contribution < 1.29 is 192 Å². The van der Waals surface area contributed by atoms with Crippen molar-refractivity contribution in [3.05, 3.63) is 0 Å². The van der Waals surface area contributed by atoms with Crippen molar-refractivity contribution >= 4 is 67.8 Å². The second-order valence-corrected chi connectivity index (χ2v) is 54.2. The van der Waals surface area contributed by atoms with Crippen LogP contribution in [-0.2, 0) is 119 Å². The van der Waals surface area contributed by atoms with Crippen molar-refractivity contribution in [3.8, 4) is 6.07 Å². The van der Waals surface area contributed by atoms with Gasteiger partial charge < -0.3 is 91.5 Å². The number of esters is 10. The molecule has 30 nitrogen and oxygen atoms in total. The molecule has 7 aliphatic carbocycles. The number of hydrogen-bond donors (Lipinski definition) is 4. The maximum atomic E-state index is 13.3. The van der Waals surface area contributed by atoms with Crippen LogP contribution in [0.5, 0.6) is 0 Å². The van der Waals surface area contributed by atoms with Crippen LogP contribution < -0.4 is 0 Å². The lowest BCUT2D eigenvalue weighted by molar-refractivity contribution is -0.405. The van der Waals surface area contributed by atoms with Crippen LogP contribution in [0.1, 0.15) is 329 Å². The molecular weight excluding hydrogens is 1970 g/mol. The number of hydrogen-bond acceptors (Lipinski definition) is 30. The Hall–Kier alpha value is -6.63. The molecule has 14 aliphatic rings. The maximum absolute atomic E-state index is 13.3. The first-order valence-corrected chi connectivity index (χ1v) is 54.5. The Bertz CT molecular complexity index is 4310. The molecule has 844 valence electrons.